The van der Waals surface area contributed by atoms with Gasteiger partial charge >= 0.3 is 0 Å². The lowest BCUT2D eigenvalue weighted by Gasteiger charge is -2.17. The van der Waals surface area contributed by atoms with E-state index in [0.717, 1.165) is 13.0 Å². The van der Waals surface area contributed by atoms with Crippen molar-refractivity contribution in [1.29, 1.82) is 0 Å². The highest BCUT2D eigenvalue weighted by Gasteiger charge is 2.12. The van der Waals surface area contributed by atoms with E-state index in [1.54, 1.807) is 0 Å². The van der Waals surface area contributed by atoms with Gasteiger partial charge < -0.3 is 5.32 Å². The maximum absolute atomic E-state index is 3.69. The Balaban J connectivity index is 1.98. The number of nitrogens with one attached hydrogen (secondary N) is 1. The van der Waals surface area contributed by atoms with Crippen LogP contribution in [0.4, 0.5) is 0 Å². The Kier molecular flexibility index (Phi) is 5.81. The summed E-state index contributed by atoms with van der Waals surface area (Å²) >= 11 is 1.85. The first kappa shape index (κ1) is 15.3. The van der Waals surface area contributed by atoms with Gasteiger partial charge in [0, 0.05) is 10.9 Å². The largest absolute Gasteiger partial charge is 0.310 e. The molecule has 2 heteroatoms. The number of hydrogen-bond donors (Lipinski definition) is 1. The molecule has 1 heterocycles. The van der Waals surface area contributed by atoms with Crippen LogP contribution in [-0.2, 0) is 6.42 Å². The van der Waals surface area contributed by atoms with Crippen LogP contribution < -0.4 is 5.32 Å². The summed E-state index contributed by atoms with van der Waals surface area (Å²) in [5, 5.41) is 5.99. The van der Waals surface area contributed by atoms with E-state index in [4.69, 9.17) is 0 Å². The van der Waals surface area contributed by atoms with Crippen LogP contribution in [0.15, 0.2) is 35.7 Å². The summed E-state index contributed by atoms with van der Waals surface area (Å²) in [5.41, 5.74) is 4.22. The van der Waals surface area contributed by atoms with Gasteiger partial charge in [-0.3, -0.25) is 0 Å². The topological polar surface area (TPSA) is 12.0 Å². The molecule has 0 saturated carbocycles. The SMILES string of the molecule is CCCNC(CCc1ccc(C)cc1)c1csc(C)c1. The zero-order valence-corrected chi connectivity index (χ0v) is 13.6. The third kappa shape index (κ3) is 4.46. The van der Waals surface area contributed by atoms with E-state index in [-0.39, 0.29) is 0 Å². The average Bonchev–Trinajstić information content (AvgIpc) is 2.87. The van der Waals surface area contributed by atoms with Gasteiger partial charge in [-0.05, 0) is 62.2 Å². The van der Waals surface area contributed by atoms with E-state index >= 15 is 0 Å². The molecule has 2 rings (SSSR count). The third-order valence-corrected chi connectivity index (χ3v) is 4.52. The number of aryl methyl sites for hydroxylation is 3. The molecule has 0 aliphatic heterocycles. The summed E-state index contributed by atoms with van der Waals surface area (Å²) in [7, 11) is 0. The zero-order chi connectivity index (χ0) is 14.4. The van der Waals surface area contributed by atoms with E-state index in [2.05, 4.69) is 61.8 Å². The highest BCUT2D eigenvalue weighted by molar-refractivity contribution is 7.10. The fourth-order valence-corrected chi connectivity index (χ4v) is 3.18. The highest BCUT2D eigenvalue weighted by Crippen LogP contribution is 2.24. The second-order valence-electron chi connectivity index (χ2n) is 5.52. The van der Waals surface area contributed by atoms with Crippen LogP contribution in [0.25, 0.3) is 0 Å². The van der Waals surface area contributed by atoms with Crippen LogP contribution in [0.2, 0.25) is 0 Å². The molecule has 0 saturated heterocycles. The summed E-state index contributed by atoms with van der Waals surface area (Å²) < 4.78 is 0. The molecule has 1 N–H and O–H groups in total. The minimum atomic E-state index is 0.487. The molecule has 1 aromatic heterocycles. The van der Waals surface area contributed by atoms with Gasteiger partial charge in [0.25, 0.3) is 0 Å². The minimum absolute atomic E-state index is 0.487. The van der Waals surface area contributed by atoms with Crippen molar-refractivity contribution in [2.45, 2.75) is 46.1 Å². The van der Waals surface area contributed by atoms with Crippen molar-refractivity contribution >= 4 is 11.3 Å². The fraction of sp³-hybridized carbons (Fsp3) is 0.444. The Morgan fingerprint density at radius 3 is 2.50 bits per heavy atom. The number of hydrogen-bond acceptors (Lipinski definition) is 2. The van der Waals surface area contributed by atoms with Gasteiger partial charge in [-0.25, -0.2) is 0 Å². The predicted octanol–water partition coefficient (Wildman–Crippen LogP) is 5.04. The number of rotatable bonds is 7. The molecule has 0 amide bonds. The monoisotopic (exact) mass is 287 g/mol. The Labute approximate surface area is 127 Å². The molecule has 0 radical (unpaired) electrons. The molecule has 2 aromatic rings. The molecule has 1 aromatic carbocycles. The molecule has 0 spiro atoms. The van der Waals surface area contributed by atoms with Crippen molar-refractivity contribution in [2.24, 2.45) is 0 Å². The molecule has 0 bridgehead atoms. The van der Waals surface area contributed by atoms with Crippen molar-refractivity contribution in [3.05, 3.63) is 57.3 Å². The second-order valence-corrected chi connectivity index (χ2v) is 6.64. The molecule has 20 heavy (non-hydrogen) atoms. The van der Waals surface area contributed by atoms with Crippen LogP contribution in [0.1, 0.15) is 47.4 Å². The summed E-state index contributed by atoms with van der Waals surface area (Å²) in [6, 6.07) is 11.7. The molecule has 108 valence electrons. The Morgan fingerprint density at radius 2 is 1.90 bits per heavy atom. The van der Waals surface area contributed by atoms with Crippen molar-refractivity contribution in [3.8, 4) is 0 Å². The van der Waals surface area contributed by atoms with Gasteiger partial charge in [0.15, 0.2) is 0 Å². The summed E-state index contributed by atoms with van der Waals surface area (Å²) in [6.45, 7) is 7.64. The molecule has 0 fully saturated rings. The van der Waals surface area contributed by atoms with E-state index < -0.39 is 0 Å². The Morgan fingerprint density at radius 1 is 1.15 bits per heavy atom. The Bertz CT molecular complexity index is 512. The maximum atomic E-state index is 3.69. The van der Waals surface area contributed by atoms with Crippen molar-refractivity contribution < 1.29 is 0 Å². The molecular weight excluding hydrogens is 262 g/mol. The molecule has 1 nitrogen and oxygen atoms in total. The van der Waals surface area contributed by atoms with E-state index in [0.29, 0.717) is 6.04 Å². The second kappa shape index (κ2) is 7.61. The van der Waals surface area contributed by atoms with Gasteiger partial charge in [0.05, 0.1) is 0 Å². The lowest BCUT2D eigenvalue weighted by molar-refractivity contribution is 0.500. The van der Waals surface area contributed by atoms with Gasteiger partial charge in [-0.1, -0.05) is 36.8 Å². The first-order chi connectivity index (χ1) is 9.69. The molecule has 0 aliphatic carbocycles. The normalized spacial score (nSPS) is 12.6. The van der Waals surface area contributed by atoms with Crippen LogP contribution >= 0.6 is 11.3 Å². The molecule has 1 atom stereocenters. The lowest BCUT2D eigenvalue weighted by Crippen LogP contribution is -2.22. The van der Waals surface area contributed by atoms with Crippen molar-refractivity contribution in [2.75, 3.05) is 6.54 Å². The first-order valence-electron chi connectivity index (χ1n) is 7.53. The summed E-state index contributed by atoms with van der Waals surface area (Å²) in [5.74, 6) is 0. The summed E-state index contributed by atoms with van der Waals surface area (Å²) in [6.07, 6.45) is 3.49. The third-order valence-electron chi connectivity index (χ3n) is 3.64. The number of benzene rings is 1. The van der Waals surface area contributed by atoms with E-state index in [1.807, 2.05) is 11.3 Å². The zero-order valence-electron chi connectivity index (χ0n) is 12.8. The molecule has 1 unspecified atom stereocenters. The number of thiophene rings is 1. The molecular formula is C18H25NS. The minimum Gasteiger partial charge on any atom is -0.310 e. The summed E-state index contributed by atoms with van der Waals surface area (Å²) in [4.78, 5) is 1.40. The van der Waals surface area contributed by atoms with Crippen molar-refractivity contribution in [3.63, 3.8) is 0 Å². The van der Waals surface area contributed by atoms with E-state index in [1.165, 1.54) is 34.4 Å². The predicted molar refractivity (Wildman–Crippen MR) is 89.6 cm³/mol. The fourth-order valence-electron chi connectivity index (χ4n) is 2.42. The smallest absolute Gasteiger partial charge is 0.0331 e. The van der Waals surface area contributed by atoms with Crippen LogP contribution in [0.5, 0.6) is 0 Å². The highest BCUT2D eigenvalue weighted by atomic mass is 32.1. The van der Waals surface area contributed by atoms with Gasteiger partial charge in [-0.15, -0.1) is 11.3 Å². The van der Waals surface area contributed by atoms with Crippen LogP contribution in [0, 0.1) is 13.8 Å². The average molecular weight is 287 g/mol. The Hall–Kier alpha value is -1.12. The maximum Gasteiger partial charge on any atom is 0.0331 e. The van der Waals surface area contributed by atoms with E-state index in [9.17, 15) is 0 Å². The quantitative estimate of drug-likeness (QED) is 0.752. The van der Waals surface area contributed by atoms with Crippen molar-refractivity contribution in [1.82, 2.24) is 5.32 Å². The lowest BCUT2D eigenvalue weighted by atomic mass is 10.00. The van der Waals surface area contributed by atoms with Crippen LogP contribution in [0.3, 0.4) is 0 Å². The van der Waals surface area contributed by atoms with Gasteiger partial charge in [0.1, 0.15) is 0 Å². The standard InChI is InChI=1S/C18H25NS/c1-4-11-19-18(17-12-15(3)20-13-17)10-9-16-7-5-14(2)6-8-16/h5-8,12-13,18-19H,4,9-11H2,1-3H3. The molecule has 0 aliphatic rings. The van der Waals surface area contributed by atoms with Gasteiger partial charge in [-0.2, -0.15) is 0 Å². The van der Waals surface area contributed by atoms with Gasteiger partial charge in [0.2, 0.25) is 0 Å². The van der Waals surface area contributed by atoms with Crippen LogP contribution in [-0.4, -0.2) is 6.54 Å². The first-order valence-corrected chi connectivity index (χ1v) is 8.41.